The fourth-order valence-electron chi connectivity index (χ4n) is 1.34. The maximum Gasteiger partial charge on any atom is 0.105 e. The van der Waals surface area contributed by atoms with Crippen molar-refractivity contribution in [3.63, 3.8) is 0 Å². The van der Waals surface area contributed by atoms with Crippen LogP contribution in [-0.2, 0) is 11.3 Å². The van der Waals surface area contributed by atoms with E-state index in [0.717, 1.165) is 31.8 Å². The molecule has 0 saturated heterocycles. The molecule has 1 rings (SSSR count). The van der Waals surface area contributed by atoms with E-state index in [4.69, 9.17) is 4.74 Å². The molecule has 0 spiro atoms. The predicted molar refractivity (Wildman–Crippen MR) is 57.3 cm³/mol. The molecule has 0 aromatic carbocycles. The number of unbranched alkanes of at least 4 members (excludes halogenated alkanes) is 1. The van der Waals surface area contributed by atoms with Gasteiger partial charge in [0, 0.05) is 25.5 Å². The second kappa shape index (κ2) is 5.81. The summed E-state index contributed by atoms with van der Waals surface area (Å²) >= 11 is 0. The lowest BCUT2D eigenvalue weighted by molar-refractivity contribution is 0.0754. The number of hydrogen-bond donors (Lipinski definition) is 0. The lowest BCUT2D eigenvalue weighted by Gasteiger charge is -2.08. The molecule has 1 heterocycles. The maximum atomic E-state index is 5.47. The summed E-state index contributed by atoms with van der Waals surface area (Å²) < 4.78 is 7.64. The normalized spacial score (nSPS) is 11.1. The Bertz CT molecular complexity index is 256. The van der Waals surface area contributed by atoms with Crippen LogP contribution in [0.1, 0.15) is 32.5 Å². The van der Waals surface area contributed by atoms with Gasteiger partial charge in [-0.15, -0.1) is 0 Å². The van der Waals surface area contributed by atoms with Gasteiger partial charge in [0.25, 0.3) is 0 Å². The summed E-state index contributed by atoms with van der Waals surface area (Å²) in [7, 11) is 0. The third-order valence-electron chi connectivity index (χ3n) is 2.17. The third kappa shape index (κ3) is 3.92. The highest BCUT2D eigenvalue weighted by molar-refractivity contribution is 4.87. The average Bonchev–Trinajstić information content (AvgIpc) is 2.51. The first kappa shape index (κ1) is 11.2. The summed E-state index contributed by atoms with van der Waals surface area (Å²) in [4.78, 5) is 4.18. The van der Waals surface area contributed by atoms with E-state index in [2.05, 4.69) is 23.4 Å². The first-order valence-electron chi connectivity index (χ1n) is 5.29. The van der Waals surface area contributed by atoms with Gasteiger partial charge >= 0.3 is 0 Å². The fraction of sp³-hybridized carbons (Fsp3) is 0.727. The highest BCUT2D eigenvalue weighted by Crippen LogP contribution is 2.00. The highest BCUT2D eigenvalue weighted by atomic mass is 16.5. The Morgan fingerprint density at radius 1 is 1.43 bits per heavy atom. The van der Waals surface area contributed by atoms with Crippen molar-refractivity contribution in [2.24, 2.45) is 0 Å². The molecule has 0 aliphatic rings. The highest BCUT2D eigenvalue weighted by Gasteiger charge is 1.97. The quantitative estimate of drug-likeness (QED) is 0.653. The second-order valence-electron chi connectivity index (χ2n) is 3.79. The van der Waals surface area contributed by atoms with Gasteiger partial charge < -0.3 is 9.30 Å². The van der Waals surface area contributed by atoms with Gasteiger partial charge in [0.2, 0.25) is 0 Å². The van der Waals surface area contributed by atoms with E-state index < -0.39 is 0 Å². The Morgan fingerprint density at radius 2 is 2.21 bits per heavy atom. The van der Waals surface area contributed by atoms with Crippen LogP contribution in [0.5, 0.6) is 0 Å². The molecule has 3 nitrogen and oxygen atoms in total. The van der Waals surface area contributed by atoms with E-state index in [9.17, 15) is 0 Å². The second-order valence-corrected chi connectivity index (χ2v) is 3.79. The van der Waals surface area contributed by atoms with Crippen LogP contribution < -0.4 is 0 Å². The summed E-state index contributed by atoms with van der Waals surface area (Å²) in [5.41, 5.74) is 0. The Hall–Kier alpha value is -0.830. The van der Waals surface area contributed by atoms with Gasteiger partial charge in [-0.1, -0.05) is 0 Å². The molecule has 0 fully saturated rings. The molecule has 0 unspecified atom stereocenters. The van der Waals surface area contributed by atoms with E-state index in [1.54, 1.807) is 0 Å². The number of ether oxygens (including phenoxy) is 1. The van der Waals surface area contributed by atoms with Gasteiger partial charge in [-0.3, -0.25) is 0 Å². The molecule has 14 heavy (non-hydrogen) atoms. The number of hydrogen-bond acceptors (Lipinski definition) is 2. The van der Waals surface area contributed by atoms with Crippen molar-refractivity contribution >= 4 is 0 Å². The van der Waals surface area contributed by atoms with Crippen molar-refractivity contribution in [3.05, 3.63) is 18.2 Å². The number of aromatic nitrogens is 2. The van der Waals surface area contributed by atoms with Gasteiger partial charge in [0.1, 0.15) is 5.82 Å². The van der Waals surface area contributed by atoms with Crippen LogP contribution in [0.15, 0.2) is 12.4 Å². The molecule has 0 aliphatic heterocycles. The smallest absolute Gasteiger partial charge is 0.105 e. The van der Waals surface area contributed by atoms with Crippen LogP contribution in [0.4, 0.5) is 0 Å². The van der Waals surface area contributed by atoms with E-state index in [0.29, 0.717) is 6.10 Å². The van der Waals surface area contributed by atoms with Gasteiger partial charge in [-0.05, 0) is 33.6 Å². The van der Waals surface area contributed by atoms with Crippen LogP contribution in [0.25, 0.3) is 0 Å². The SMILES string of the molecule is Cc1nccn1CCCCOC(C)C. The van der Waals surface area contributed by atoms with Crippen LogP contribution >= 0.6 is 0 Å². The van der Waals surface area contributed by atoms with Crippen molar-refractivity contribution in [2.75, 3.05) is 6.61 Å². The molecule has 0 radical (unpaired) electrons. The predicted octanol–water partition coefficient (Wildman–Crippen LogP) is 2.40. The zero-order valence-corrected chi connectivity index (χ0v) is 9.36. The zero-order valence-electron chi connectivity index (χ0n) is 9.36. The first-order valence-corrected chi connectivity index (χ1v) is 5.29. The van der Waals surface area contributed by atoms with Crippen molar-refractivity contribution in [2.45, 2.75) is 46.3 Å². The molecule has 80 valence electrons. The molecule has 0 aliphatic carbocycles. The molecule has 0 N–H and O–H groups in total. The van der Waals surface area contributed by atoms with E-state index in [1.807, 2.05) is 19.3 Å². The molecule has 0 saturated carbocycles. The van der Waals surface area contributed by atoms with Crippen LogP contribution in [0, 0.1) is 6.92 Å². The van der Waals surface area contributed by atoms with E-state index in [-0.39, 0.29) is 0 Å². The molecule has 0 amide bonds. The van der Waals surface area contributed by atoms with E-state index in [1.165, 1.54) is 0 Å². The monoisotopic (exact) mass is 196 g/mol. The standard InChI is InChI=1S/C11H20N2O/c1-10(2)14-9-5-4-7-13-8-6-12-11(13)3/h6,8,10H,4-5,7,9H2,1-3H3. The van der Waals surface area contributed by atoms with Gasteiger partial charge in [-0.2, -0.15) is 0 Å². The molecule has 0 bridgehead atoms. The van der Waals surface area contributed by atoms with Crippen molar-refractivity contribution in [1.82, 2.24) is 9.55 Å². The molecule has 1 aromatic rings. The number of aryl methyl sites for hydroxylation is 2. The third-order valence-corrected chi connectivity index (χ3v) is 2.17. The minimum Gasteiger partial charge on any atom is -0.379 e. The molecular weight excluding hydrogens is 176 g/mol. The first-order chi connectivity index (χ1) is 6.70. The van der Waals surface area contributed by atoms with Crippen LogP contribution in [0.2, 0.25) is 0 Å². The van der Waals surface area contributed by atoms with Gasteiger partial charge in [0.15, 0.2) is 0 Å². The maximum absolute atomic E-state index is 5.47. The Kier molecular flexibility index (Phi) is 4.66. The van der Waals surface area contributed by atoms with Gasteiger partial charge in [0.05, 0.1) is 6.10 Å². The van der Waals surface area contributed by atoms with Gasteiger partial charge in [-0.25, -0.2) is 4.98 Å². The average molecular weight is 196 g/mol. The Balaban J connectivity index is 2.08. The fourth-order valence-corrected chi connectivity index (χ4v) is 1.34. The summed E-state index contributed by atoms with van der Waals surface area (Å²) in [6.45, 7) is 8.09. The summed E-state index contributed by atoms with van der Waals surface area (Å²) in [6, 6.07) is 0. The minimum atomic E-state index is 0.352. The zero-order chi connectivity index (χ0) is 10.4. The molecule has 0 atom stereocenters. The van der Waals surface area contributed by atoms with E-state index >= 15 is 0 Å². The molecular formula is C11H20N2O. The van der Waals surface area contributed by atoms with Crippen molar-refractivity contribution in [3.8, 4) is 0 Å². The number of imidazole rings is 1. The topological polar surface area (TPSA) is 27.1 Å². The van der Waals surface area contributed by atoms with Crippen LogP contribution in [0.3, 0.4) is 0 Å². The number of rotatable bonds is 6. The number of nitrogens with zero attached hydrogens (tertiary/aromatic N) is 2. The Labute approximate surface area is 86.1 Å². The molecule has 3 heteroatoms. The summed E-state index contributed by atoms with van der Waals surface area (Å²) in [5, 5.41) is 0. The largest absolute Gasteiger partial charge is 0.379 e. The summed E-state index contributed by atoms with van der Waals surface area (Å²) in [5.74, 6) is 1.09. The van der Waals surface area contributed by atoms with Crippen LogP contribution in [-0.4, -0.2) is 22.3 Å². The lowest BCUT2D eigenvalue weighted by Crippen LogP contribution is -2.05. The Morgan fingerprint density at radius 3 is 2.79 bits per heavy atom. The van der Waals surface area contributed by atoms with Crippen molar-refractivity contribution in [1.29, 1.82) is 0 Å². The molecule has 1 aromatic heterocycles. The summed E-state index contributed by atoms with van der Waals surface area (Å²) in [6.07, 6.45) is 6.50. The minimum absolute atomic E-state index is 0.352. The lowest BCUT2D eigenvalue weighted by atomic mass is 10.3. The van der Waals surface area contributed by atoms with Crippen molar-refractivity contribution < 1.29 is 4.74 Å².